The van der Waals surface area contributed by atoms with Gasteiger partial charge in [-0.1, -0.05) is 12.7 Å². The third kappa shape index (κ3) is 1.14. The third-order valence-corrected chi connectivity index (χ3v) is 3.62. The van der Waals surface area contributed by atoms with Gasteiger partial charge in [-0.25, -0.2) is 0 Å². The fraction of sp³-hybridized carbons (Fsp3) is 0.600. The molecule has 1 aliphatic heterocycles. The number of allylic oxidation sites excluding steroid dienone is 1. The summed E-state index contributed by atoms with van der Waals surface area (Å²) in [5.41, 5.74) is 1.85. The second-order valence-corrected chi connectivity index (χ2v) is 4.42. The lowest BCUT2D eigenvalue weighted by Gasteiger charge is -2.25. The van der Waals surface area contributed by atoms with Crippen molar-refractivity contribution in [2.75, 3.05) is 19.5 Å². The Kier molecular flexibility index (Phi) is 2.05. The average Bonchev–Trinajstić information content (AvgIpc) is 2.85. The van der Waals surface area contributed by atoms with E-state index in [4.69, 9.17) is 4.74 Å². The standard InChI is InChI=1S/C10H14OS/c1-3-8-9(12-2)6-11-7-10(8)4-5-10/h3H,1,4-7H2,2H3. The summed E-state index contributed by atoms with van der Waals surface area (Å²) in [6, 6.07) is 0. The van der Waals surface area contributed by atoms with E-state index in [9.17, 15) is 0 Å². The predicted molar refractivity (Wildman–Crippen MR) is 53.2 cm³/mol. The van der Waals surface area contributed by atoms with Crippen LogP contribution in [0.3, 0.4) is 0 Å². The second kappa shape index (κ2) is 2.93. The van der Waals surface area contributed by atoms with Crippen molar-refractivity contribution < 1.29 is 4.74 Å². The summed E-state index contributed by atoms with van der Waals surface area (Å²) in [7, 11) is 0. The molecule has 0 unspecified atom stereocenters. The molecule has 2 aliphatic rings. The van der Waals surface area contributed by atoms with Gasteiger partial charge in [-0.15, -0.1) is 11.8 Å². The van der Waals surface area contributed by atoms with Crippen LogP contribution in [0, 0.1) is 5.41 Å². The summed E-state index contributed by atoms with van der Waals surface area (Å²) in [5.74, 6) is 0. The van der Waals surface area contributed by atoms with Gasteiger partial charge < -0.3 is 4.74 Å². The highest BCUT2D eigenvalue weighted by Crippen LogP contribution is 2.56. The molecule has 0 aromatic carbocycles. The normalized spacial score (nSPS) is 26.1. The minimum absolute atomic E-state index is 0.387. The number of hydrogen-bond donors (Lipinski definition) is 0. The Hall–Kier alpha value is -0.210. The summed E-state index contributed by atoms with van der Waals surface area (Å²) < 4.78 is 5.56. The summed E-state index contributed by atoms with van der Waals surface area (Å²) in [6.07, 6.45) is 6.72. The van der Waals surface area contributed by atoms with E-state index < -0.39 is 0 Å². The summed E-state index contributed by atoms with van der Waals surface area (Å²) in [5, 5.41) is 0. The maximum Gasteiger partial charge on any atom is 0.0778 e. The van der Waals surface area contributed by atoms with E-state index in [0.29, 0.717) is 5.41 Å². The lowest BCUT2D eigenvalue weighted by Crippen LogP contribution is -2.21. The van der Waals surface area contributed by atoms with Crippen molar-refractivity contribution in [1.82, 2.24) is 0 Å². The van der Waals surface area contributed by atoms with Crippen LogP contribution in [-0.4, -0.2) is 19.5 Å². The van der Waals surface area contributed by atoms with Crippen LogP contribution in [0.4, 0.5) is 0 Å². The van der Waals surface area contributed by atoms with Gasteiger partial charge in [0.1, 0.15) is 0 Å². The Labute approximate surface area is 77.9 Å². The Bertz CT molecular complexity index is 238. The van der Waals surface area contributed by atoms with Crippen LogP contribution in [0.5, 0.6) is 0 Å². The van der Waals surface area contributed by atoms with E-state index in [-0.39, 0.29) is 0 Å². The first kappa shape index (κ1) is 8.39. The van der Waals surface area contributed by atoms with Gasteiger partial charge >= 0.3 is 0 Å². The molecule has 0 saturated heterocycles. The SMILES string of the molecule is C=CC1=C(SC)COCC12CC2. The molecule has 1 spiro atoms. The topological polar surface area (TPSA) is 9.23 Å². The molecule has 0 N–H and O–H groups in total. The Morgan fingerprint density at radius 3 is 2.83 bits per heavy atom. The molecule has 66 valence electrons. The van der Waals surface area contributed by atoms with Crippen molar-refractivity contribution in [2.24, 2.45) is 5.41 Å². The first-order chi connectivity index (χ1) is 5.82. The predicted octanol–water partition coefficient (Wildman–Crippen LogP) is 2.60. The molecule has 1 fully saturated rings. The minimum Gasteiger partial charge on any atom is -0.375 e. The van der Waals surface area contributed by atoms with Gasteiger partial charge in [0.2, 0.25) is 0 Å². The monoisotopic (exact) mass is 182 g/mol. The molecule has 12 heavy (non-hydrogen) atoms. The van der Waals surface area contributed by atoms with Crippen LogP contribution < -0.4 is 0 Å². The van der Waals surface area contributed by atoms with Crippen molar-refractivity contribution >= 4 is 11.8 Å². The average molecular weight is 182 g/mol. The Morgan fingerprint density at radius 2 is 2.33 bits per heavy atom. The lowest BCUT2D eigenvalue weighted by molar-refractivity contribution is 0.111. The van der Waals surface area contributed by atoms with Crippen LogP contribution in [0.2, 0.25) is 0 Å². The Balaban J connectivity index is 2.34. The largest absolute Gasteiger partial charge is 0.375 e. The van der Waals surface area contributed by atoms with E-state index in [1.807, 2.05) is 6.08 Å². The van der Waals surface area contributed by atoms with Gasteiger partial charge in [-0.05, 0) is 24.7 Å². The molecule has 0 bridgehead atoms. The molecule has 0 atom stereocenters. The first-order valence-corrected chi connectivity index (χ1v) is 5.53. The molecule has 0 radical (unpaired) electrons. The van der Waals surface area contributed by atoms with Crippen LogP contribution in [0.15, 0.2) is 23.1 Å². The number of ether oxygens (including phenoxy) is 1. The lowest BCUT2D eigenvalue weighted by atomic mass is 9.95. The molecule has 1 saturated carbocycles. The van der Waals surface area contributed by atoms with Crippen molar-refractivity contribution in [3.8, 4) is 0 Å². The van der Waals surface area contributed by atoms with Crippen LogP contribution >= 0.6 is 11.8 Å². The van der Waals surface area contributed by atoms with Crippen LogP contribution in [0.25, 0.3) is 0 Å². The zero-order chi connectivity index (χ0) is 8.60. The third-order valence-electron chi connectivity index (χ3n) is 2.79. The van der Waals surface area contributed by atoms with E-state index in [1.54, 1.807) is 11.8 Å². The molecular weight excluding hydrogens is 168 g/mol. The maximum atomic E-state index is 5.56. The highest BCUT2D eigenvalue weighted by molar-refractivity contribution is 8.02. The summed E-state index contributed by atoms with van der Waals surface area (Å²) in [4.78, 5) is 1.38. The quantitative estimate of drug-likeness (QED) is 0.649. The smallest absolute Gasteiger partial charge is 0.0778 e. The molecule has 1 heterocycles. The molecule has 0 amide bonds. The number of thioether (sulfide) groups is 1. The van der Waals surface area contributed by atoms with E-state index >= 15 is 0 Å². The maximum absolute atomic E-state index is 5.56. The zero-order valence-corrected chi connectivity index (χ0v) is 8.25. The number of rotatable bonds is 2. The summed E-state index contributed by atoms with van der Waals surface area (Å²) >= 11 is 1.80. The van der Waals surface area contributed by atoms with E-state index in [0.717, 1.165) is 13.2 Å². The zero-order valence-electron chi connectivity index (χ0n) is 7.43. The highest BCUT2D eigenvalue weighted by atomic mass is 32.2. The highest BCUT2D eigenvalue weighted by Gasteiger charge is 2.48. The van der Waals surface area contributed by atoms with Gasteiger partial charge in [-0.2, -0.15) is 0 Å². The second-order valence-electron chi connectivity index (χ2n) is 3.52. The fourth-order valence-corrected chi connectivity index (χ4v) is 2.58. The molecule has 0 aromatic heterocycles. The first-order valence-electron chi connectivity index (χ1n) is 4.30. The number of hydrogen-bond acceptors (Lipinski definition) is 2. The minimum atomic E-state index is 0.387. The molecule has 1 nitrogen and oxygen atoms in total. The van der Waals surface area contributed by atoms with Crippen molar-refractivity contribution in [2.45, 2.75) is 12.8 Å². The van der Waals surface area contributed by atoms with Crippen molar-refractivity contribution in [3.63, 3.8) is 0 Å². The molecule has 0 aromatic rings. The molecular formula is C10H14OS. The fourth-order valence-electron chi connectivity index (χ4n) is 1.85. The van der Waals surface area contributed by atoms with Gasteiger partial charge in [0, 0.05) is 10.3 Å². The summed E-state index contributed by atoms with van der Waals surface area (Å²) in [6.45, 7) is 5.60. The van der Waals surface area contributed by atoms with Gasteiger partial charge in [0.25, 0.3) is 0 Å². The van der Waals surface area contributed by atoms with Crippen LogP contribution in [0.1, 0.15) is 12.8 Å². The van der Waals surface area contributed by atoms with E-state index in [2.05, 4.69) is 12.8 Å². The van der Waals surface area contributed by atoms with Crippen molar-refractivity contribution in [3.05, 3.63) is 23.1 Å². The van der Waals surface area contributed by atoms with Gasteiger partial charge in [0.15, 0.2) is 0 Å². The molecule has 2 heteroatoms. The van der Waals surface area contributed by atoms with Crippen LogP contribution in [-0.2, 0) is 4.74 Å². The van der Waals surface area contributed by atoms with Gasteiger partial charge in [0.05, 0.1) is 13.2 Å². The van der Waals surface area contributed by atoms with Gasteiger partial charge in [-0.3, -0.25) is 0 Å². The van der Waals surface area contributed by atoms with E-state index in [1.165, 1.54) is 23.3 Å². The molecule has 2 rings (SSSR count). The molecule has 1 aliphatic carbocycles. The Morgan fingerprint density at radius 1 is 1.58 bits per heavy atom. The van der Waals surface area contributed by atoms with Crippen molar-refractivity contribution in [1.29, 1.82) is 0 Å².